The Morgan fingerprint density at radius 2 is 2.27 bits per heavy atom. The van der Waals surface area contributed by atoms with Crippen LogP contribution in [0, 0.1) is 17.1 Å². The van der Waals surface area contributed by atoms with Gasteiger partial charge in [-0.3, -0.25) is 0 Å². The predicted octanol–water partition coefficient (Wildman–Crippen LogP) is 2.86. The number of nitrogens with one attached hydrogen (secondary N) is 1. The predicted molar refractivity (Wildman–Crippen MR) is 62.6 cm³/mol. The first kappa shape index (κ1) is 11.9. The van der Waals surface area contributed by atoms with E-state index in [0.717, 1.165) is 5.75 Å². The Hall–Kier alpha value is -1.21. The zero-order valence-electron chi connectivity index (χ0n) is 8.75. The molecule has 4 heteroatoms. The van der Waals surface area contributed by atoms with Gasteiger partial charge in [-0.05, 0) is 31.4 Å². The topological polar surface area (TPSA) is 35.8 Å². The third kappa shape index (κ3) is 3.80. The number of anilines is 1. The molecule has 1 rings (SSSR count). The van der Waals surface area contributed by atoms with Gasteiger partial charge in [0.1, 0.15) is 5.82 Å². The first-order chi connectivity index (χ1) is 7.15. The maximum atomic E-state index is 13.1. The highest BCUT2D eigenvalue weighted by molar-refractivity contribution is 7.98. The first-order valence-electron chi connectivity index (χ1n) is 4.62. The van der Waals surface area contributed by atoms with Crippen molar-refractivity contribution >= 4 is 17.4 Å². The zero-order valence-corrected chi connectivity index (χ0v) is 9.57. The van der Waals surface area contributed by atoms with E-state index in [1.807, 2.05) is 19.2 Å². The molecule has 0 spiro atoms. The fourth-order valence-corrected chi connectivity index (χ4v) is 1.90. The van der Waals surface area contributed by atoms with Crippen molar-refractivity contribution in [3.8, 4) is 6.07 Å². The molecule has 0 aliphatic rings. The van der Waals surface area contributed by atoms with Gasteiger partial charge in [0.2, 0.25) is 0 Å². The van der Waals surface area contributed by atoms with Gasteiger partial charge in [0.25, 0.3) is 0 Å². The SMILES string of the molecule is CSCC(C)Nc1cc(F)cc(C#N)c1. The Morgan fingerprint density at radius 1 is 1.53 bits per heavy atom. The summed E-state index contributed by atoms with van der Waals surface area (Å²) in [4.78, 5) is 0. The number of nitrogens with zero attached hydrogens (tertiary/aromatic N) is 1. The number of nitriles is 1. The van der Waals surface area contributed by atoms with E-state index < -0.39 is 0 Å². The molecule has 1 atom stereocenters. The summed E-state index contributed by atoms with van der Waals surface area (Å²) in [5.74, 6) is 0.561. The summed E-state index contributed by atoms with van der Waals surface area (Å²) in [7, 11) is 0. The Labute approximate surface area is 93.5 Å². The molecule has 1 aromatic carbocycles. The van der Waals surface area contributed by atoms with Crippen LogP contribution in [-0.4, -0.2) is 18.1 Å². The lowest BCUT2D eigenvalue weighted by Crippen LogP contribution is -2.17. The van der Waals surface area contributed by atoms with E-state index >= 15 is 0 Å². The molecule has 1 N–H and O–H groups in total. The smallest absolute Gasteiger partial charge is 0.126 e. The third-order valence-corrected chi connectivity index (χ3v) is 2.69. The summed E-state index contributed by atoms with van der Waals surface area (Å²) < 4.78 is 13.1. The van der Waals surface area contributed by atoms with E-state index in [9.17, 15) is 4.39 Å². The largest absolute Gasteiger partial charge is 0.382 e. The van der Waals surface area contributed by atoms with Crippen molar-refractivity contribution in [2.75, 3.05) is 17.3 Å². The van der Waals surface area contributed by atoms with Crippen molar-refractivity contribution in [3.63, 3.8) is 0 Å². The molecule has 1 aromatic rings. The number of benzene rings is 1. The lowest BCUT2D eigenvalue weighted by molar-refractivity contribution is 0.627. The van der Waals surface area contributed by atoms with Crippen LogP contribution in [0.25, 0.3) is 0 Å². The zero-order chi connectivity index (χ0) is 11.3. The second kappa shape index (κ2) is 5.62. The van der Waals surface area contributed by atoms with Gasteiger partial charge < -0.3 is 5.32 Å². The molecule has 0 aliphatic carbocycles. The fourth-order valence-electron chi connectivity index (χ4n) is 1.31. The average molecular weight is 224 g/mol. The molecule has 15 heavy (non-hydrogen) atoms. The van der Waals surface area contributed by atoms with Gasteiger partial charge in [0.05, 0.1) is 11.6 Å². The molecule has 0 aromatic heterocycles. The van der Waals surface area contributed by atoms with Crippen molar-refractivity contribution in [2.45, 2.75) is 13.0 Å². The van der Waals surface area contributed by atoms with Crippen LogP contribution in [0.3, 0.4) is 0 Å². The number of halogens is 1. The Morgan fingerprint density at radius 3 is 2.87 bits per heavy atom. The molecule has 0 radical (unpaired) electrons. The van der Waals surface area contributed by atoms with Crippen LogP contribution in [0.2, 0.25) is 0 Å². The fraction of sp³-hybridized carbons (Fsp3) is 0.364. The Kier molecular flexibility index (Phi) is 4.44. The second-order valence-corrected chi connectivity index (χ2v) is 4.25. The maximum Gasteiger partial charge on any atom is 0.126 e. The molecule has 2 nitrogen and oxygen atoms in total. The maximum absolute atomic E-state index is 13.1. The van der Waals surface area contributed by atoms with E-state index in [1.165, 1.54) is 12.1 Å². The van der Waals surface area contributed by atoms with Crippen LogP contribution in [0.15, 0.2) is 18.2 Å². The highest BCUT2D eigenvalue weighted by atomic mass is 32.2. The normalized spacial score (nSPS) is 11.9. The van der Waals surface area contributed by atoms with Crippen LogP contribution in [0.1, 0.15) is 12.5 Å². The molecule has 0 saturated carbocycles. The number of rotatable bonds is 4. The van der Waals surface area contributed by atoms with Crippen LogP contribution in [0.4, 0.5) is 10.1 Å². The molecular formula is C11H13FN2S. The van der Waals surface area contributed by atoms with Crippen LogP contribution in [-0.2, 0) is 0 Å². The first-order valence-corrected chi connectivity index (χ1v) is 6.01. The average Bonchev–Trinajstić information content (AvgIpc) is 2.17. The summed E-state index contributed by atoms with van der Waals surface area (Å²) >= 11 is 1.72. The van der Waals surface area contributed by atoms with Gasteiger partial charge in [-0.25, -0.2) is 4.39 Å². The minimum atomic E-state index is -0.382. The van der Waals surface area contributed by atoms with Gasteiger partial charge in [-0.15, -0.1) is 0 Å². The number of hydrogen-bond donors (Lipinski definition) is 1. The van der Waals surface area contributed by atoms with Crippen LogP contribution in [0.5, 0.6) is 0 Å². The molecule has 0 aliphatic heterocycles. The summed E-state index contributed by atoms with van der Waals surface area (Å²) in [5, 5.41) is 11.8. The van der Waals surface area contributed by atoms with E-state index in [2.05, 4.69) is 5.32 Å². The Balaban J connectivity index is 2.77. The van der Waals surface area contributed by atoms with Gasteiger partial charge in [-0.2, -0.15) is 17.0 Å². The van der Waals surface area contributed by atoms with Crippen LogP contribution >= 0.6 is 11.8 Å². The summed E-state index contributed by atoms with van der Waals surface area (Å²) in [6.45, 7) is 2.02. The monoisotopic (exact) mass is 224 g/mol. The highest BCUT2D eigenvalue weighted by Gasteiger charge is 2.04. The summed E-state index contributed by atoms with van der Waals surface area (Å²) in [5.41, 5.74) is 1.00. The van der Waals surface area contributed by atoms with Gasteiger partial charge in [0.15, 0.2) is 0 Å². The van der Waals surface area contributed by atoms with Crippen molar-refractivity contribution in [3.05, 3.63) is 29.6 Å². The number of thioether (sulfide) groups is 1. The number of hydrogen-bond acceptors (Lipinski definition) is 3. The molecular weight excluding hydrogens is 211 g/mol. The minimum absolute atomic E-state index is 0.258. The lowest BCUT2D eigenvalue weighted by atomic mass is 10.2. The molecule has 1 unspecified atom stereocenters. The standard InChI is InChI=1S/C11H13FN2S/c1-8(7-15-2)14-11-4-9(6-13)3-10(12)5-11/h3-5,8,14H,7H2,1-2H3. The molecule has 0 heterocycles. The third-order valence-electron chi connectivity index (χ3n) is 1.86. The van der Waals surface area contributed by atoms with Gasteiger partial charge in [-0.1, -0.05) is 0 Å². The van der Waals surface area contributed by atoms with Gasteiger partial charge in [0, 0.05) is 17.5 Å². The highest BCUT2D eigenvalue weighted by Crippen LogP contribution is 2.15. The van der Waals surface area contributed by atoms with E-state index in [1.54, 1.807) is 17.8 Å². The van der Waals surface area contributed by atoms with Crippen molar-refractivity contribution < 1.29 is 4.39 Å². The summed E-state index contributed by atoms with van der Waals surface area (Å²) in [6, 6.07) is 6.47. The quantitative estimate of drug-likeness (QED) is 0.854. The van der Waals surface area contributed by atoms with E-state index in [0.29, 0.717) is 11.3 Å². The van der Waals surface area contributed by atoms with Gasteiger partial charge >= 0.3 is 0 Å². The second-order valence-electron chi connectivity index (χ2n) is 3.34. The molecule has 0 amide bonds. The van der Waals surface area contributed by atoms with Crippen molar-refractivity contribution in [2.24, 2.45) is 0 Å². The molecule has 0 fully saturated rings. The van der Waals surface area contributed by atoms with E-state index in [-0.39, 0.29) is 11.9 Å². The van der Waals surface area contributed by atoms with Crippen molar-refractivity contribution in [1.82, 2.24) is 0 Å². The minimum Gasteiger partial charge on any atom is -0.382 e. The van der Waals surface area contributed by atoms with Crippen LogP contribution < -0.4 is 5.32 Å². The molecule has 0 bridgehead atoms. The molecule has 0 saturated heterocycles. The molecule has 80 valence electrons. The van der Waals surface area contributed by atoms with Crippen molar-refractivity contribution in [1.29, 1.82) is 5.26 Å². The Bertz CT molecular complexity index is 373. The lowest BCUT2D eigenvalue weighted by Gasteiger charge is -2.14. The summed E-state index contributed by atoms with van der Waals surface area (Å²) in [6.07, 6.45) is 2.02. The van der Waals surface area contributed by atoms with E-state index in [4.69, 9.17) is 5.26 Å².